The molecule has 2 heterocycles. The van der Waals surface area contributed by atoms with E-state index in [1.54, 1.807) is 19.2 Å². The van der Waals surface area contributed by atoms with E-state index in [2.05, 4.69) is 35.0 Å². The summed E-state index contributed by atoms with van der Waals surface area (Å²) in [5.41, 5.74) is 4.21. The molecule has 0 amide bonds. The van der Waals surface area contributed by atoms with E-state index in [4.69, 9.17) is 4.74 Å². The zero-order valence-corrected chi connectivity index (χ0v) is 15.7. The number of methoxy groups -OCH3 is 1. The number of fused-ring (bicyclic) bond motifs is 2. The lowest BCUT2D eigenvalue weighted by Gasteiger charge is -2.51. The second kappa shape index (κ2) is 7.01. The van der Waals surface area contributed by atoms with Crippen molar-refractivity contribution in [1.82, 2.24) is 9.80 Å². The van der Waals surface area contributed by atoms with E-state index < -0.39 is 0 Å². The Kier molecular flexibility index (Phi) is 4.72. The Morgan fingerprint density at radius 2 is 1.77 bits per heavy atom. The molecule has 2 aromatic carbocycles. The molecule has 2 aromatic rings. The summed E-state index contributed by atoms with van der Waals surface area (Å²) in [4.78, 5) is 5.03. The Balaban J connectivity index is 1.53. The first-order valence-electron chi connectivity index (χ1n) is 9.46. The van der Waals surface area contributed by atoms with Crippen LogP contribution >= 0.6 is 0 Å². The third-order valence-corrected chi connectivity index (χ3v) is 6.27. The smallest absolute Gasteiger partial charge is 0.123 e. The van der Waals surface area contributed by atoms with Crippen molar-refractivity contribution in [1.29, 1.82) is 0 Å². The number of hydrogen-bond donors (Lipinski definition) is 0. The zero-order chi connectivity index (χ0) is 18.1. The average Bonchev–Trinajstić information content (AvgIpc) is 2.68. The molecule has 0 N–H and O–H groups in total. The molecule has 3 nitrogen and oxygen atoms in total. The van der Waals surface area contributed by atoms with Crippen molar-refractivity contribution in [2.45, 2.75) is 31.3 Å². The maximum absolute atomic E-state index is 13.1. The molecular weight excluding hydrogens is 327 g/mol. The van der Waals surface area contributed by atoms with Gasteiger partial charge in [0.15, 0.2) is 0 Å². The minimum absolute atomic E-state index is 0.113. The number of likely N-dealkylation sites (N-methyl/N-ethyl adjacent to an activating group) is 1. The van der Waals surface area contributed by atoms with E-state index in [1.165, 1.54) is 16.7 Å². The molecule has 138 valence electrons. The van der Waals surface area contributed by atoms with Crippen molar-refractivity contribution in [2.24, 2.45) is 0 Å². The summed E-state index contributed by atoms with van der Waals surface area (Å²) >= 11 is 0. The monoisotopic (exact) mass is 354 g/mol. The summed E-state index contributed by atoms with van der Waals surface area (Å²) in [6.07, 6.45) is 3.34. The number of halogens is 1. The van der Waals surface area contributed by atoms with E-state index in [-0.39, 0.29) is 11.4 Å². The van der Waals surface area contributed by atoms with Gasteiger partial charge in [-0.15, -0.1) is 0 Å². The first kappa shape index (κ1) is 17.5. The van der Waals surface area contributed by atoms with Crippen molar-refractivity contribution in [3.8, 4) is 5.75 Å². The number of benzene rings is 2. The molecule has 26 heavy (non-hydrogen) atoms. The second-order valence-corrected chi connectivity index (χ2v) is 7.63. The molecule has 1 fully saturated rings. The van der Waals surface area contributed by atoms with Crippen LogP contribution in [-0.2, 0) is 18.5 Å². The maximum Gasteiger partial charge on any atom is 0.123 e. The lowest BCUT2D eigenvalue weighted by Crippen LogP contribution is -2.54. The largest absolute Gasteiger partial charge is 0.497 e. The van der Waals surface area contributed by atoms with Gasteiger partial charge < -0.3 is 4.74 Å². The molecule has 4 rings (SSSR count). The van der Waals surface area contributed by atoms with Crippen LogP contribution in [0.15, 0.2) is 42.5 Å². The lowest BCUT2D eigenvalue weighted by molar-refractivity contribution is 0.0253. The third-order valence-electron chi connectivity index (χ3n) is 6.27. The fraction of sp³-hybridized carbons (Fsp3) is 0.455. The average molecular weight is 354 g/mol. The van der Waals surface area contributed by atoms with Crippen LogP contribution in [0.2, 0.25) is 0 Å². The van der Waals surface area contributed by atoms with Crippen molar-refractivity contribution in [2.75, 3.05) is 33.8 Å². The van der Waals surface area contributed by atoms with Gasteiger partial charge in [-0.2, -0.15) is 0 Å². The highest BCUT2D eigenvalue weighted by Gasteiger charge is 2.43. The minimum atomic E-state index is -0.166. The highest BCUT2D eigenvalue weighted by Crippen LogP contribution is 2.44. The Hall–Kier alpha value is -1.91. The summed E-state index contributed by atoms with van der Waals surface area (Å²) < 4.78 is 18.6. The summed E-state index contributed by atoms with van der Waals surface area (Å²) in [7, 11) is 4.00. The van der Waals surface area contributed by atoms with Crippen LogP contribution in [-0.4, -0.2) is 43.6 Å². The molecule has 1 spiro atoms. The van der Waals surface area contributed by atoms with Crippen LogP contribution in [0.5, 0.6) is 5.75 Å². The number of nitrogens with zero attached hydrogens (tertiary/aromatic N) is 2. The fourth-order valence-electron chi connectivity index (χ4n) is 4.62. The zero-order valence-electron chi connectivity index (χ0n) is 15.7. The maximum atomic E-state index is 13.1. The summed E-state index contributed by atoms with van der Waals surface area (Å²) in [6.45, 7) is 4.11. The number of piperidine rings is 1. The fourth-order valence-corrected chi connectivity index (χ4v) is 4.62. The van der Waals surface area contributed by atoms with Crippen LogP contribution < -0.4 is 4.74 Å². The molecule has 0 aliphatic carbocycles. The normalized spacial score (nSPS) is 20.1. The molecule has 0 radical (unpaired) electrons. The van der Waals surface area contributed by atoms with E-state index in [0.717, 1.165) is 51.2 Å². The van der Waals surface area contributed by atoms with Crippen LogP contribution in [0.3, 0.4) is 0 Å². The number of ether oxygens (including phenoxy) is 1. The molecule has 0 atom stereocenters. The molecule has 0 aromatic heterocycles. The third kappa shape index (κ3) is 3.12. The van der Waals surface area contributed by atoms with Gasteiger partial charge in [-0.05, 0) is 67.3 Å². The molecule has 0 saturated carbocycles. The predicted molar refractivity (Wildman–Crippen MR) is 102 cm³/mol. The summed E-state index contributed by atoms with van der Waals surface area (Å²) in [6, 6.07) is 13.5. The number of likely N-dealkylation sites (tertiary alicyclic amines) is 1. The van der Waals surface area contributed by atoms with Gasteiger partial charge in [-0.1, -0.05) is 18.2 Å². The lowest BCUT2D eigenvalue weighted by atomic mass is 9.74. The molecular formula is C22H27FN2O. The van der Waals surface area contributed by atoms with Gasteiger partial charge in [-0.25, -0.2) is 4.39 Å². The topological polar surface area (TPSA) is 15.7 Å². The van der Waals surface area contributed by atoms with Crippen molar-refractivity contribution in [3.63, 3.8) is 0 Å². The van der Waals surface area contributed by atoms with Gasteiger partial charge in [0.1, 0.15) is 11.6 Å². The van der Waals surface area contributed by atoms with E-state index >= 15 is 0 Å². The van der Waals surface area contributed by atoms with Gasteiger partial charge >= 0.3 is 0 Å². The molecule has 0 bridgehead atoms. The molecule has 4 heteroatoms. The first-order chi connectivity index (χ1) is 12.6. The van der Waals surface area contributed by atoms with Crippen LogP contribution in [0.25, 0.3) is 0 Å². The Morgan fingerprint density at radius 3 is 2.46 bits per heavy atom. The van der Waals surface area contributed by atoms with Crippen molar-refractivity contribution < 1.29 is 9.13 Å². The molecule has 2 aliphatic heterocycles. The molecule has 0 unspecified atom stereocenters. The van der Waals surface area contributed by atoms with E-state index in [9.17, 15) is 4.39 Å². The van der Waals surface area contributed by atoms with E-state index in [1.807, 2.05) is 12.1 Å². The SMILES string of the molecule is COc1ccc2c(c1)C1(CCN(Cc3ccc(F)cc3)CC1)N(C)CC2. The molecule has 1 saturated heterocycles. The van der Waals surface area contributed by atoms with Crippen molar-refractivity contribution >= 4 is 0 Å². The summed E-state index contributed by atoms with van der Waals surface area (Å²) in [5.74, 6) is 0.785. The minimum Gasteiger partial charge on any atom is -0.497 e. The van der Waals surface area contributed by atoms with Crippen LogP contribution in [0, 0.1) is 5.82 Å². The highest BCUT2D eigenvalue weighted by molar-refractivity contribution is 5.42. The van der Waals surface area contributed by atoms with Gasteiger partial charge in [0.05, 0.1) is 7.11 Å². The quantitative estimate of drug-likeness (QED) is 0.834. The van der Waals surface area contributed by atoms with Crippen molar-refractivity contribution in [3.05, 3.63) is 65.0 Å². The summed E-state index contributed by atoms with van der Waals surface area (Å²) in [5, 5.41) is 0. The van der Waals surface area contributed by atoms with Crippen LogP contribution in [0.4, 0.5) is 4.39 Å². The standard InChI is InChI=1S/C22H27FN2O/c1-24-12-9-18-5-8-20(26-2)15-21(18)22(24)10-13-25(14-11-22)16-17-3-6-19(23)7-4-17/h3-8,15H,9-14,16H2,1-2H3. The predicted octanol–water partition coefficient (Wildman–Crippen LogP) is 3.81. The van der Waals surface area contributed by atoms with Gasteiger partial charge in [-0.3, -0.25) is 9.80 Å². The number of hydrogen-bond acceptors (Lipinski definition) is 3. The molecule has 2 aliphatic rings. The Morgan fingerprint density at radius 1 is 1.04 bits per heavy atom. The van der Waals surface area contributed by atoms with E-state index in [0.29, 0.717) is 0 Å². The Bertz CT molecular complexity index is 766. The first-order valence-corrected chi connectivity index (χ1v) is 9.46. The Labute approximate surface area is 155 Å². The van der Waals surface area contributed by atoms with Crippen LogP contribution in [0.1, 0.15) is 29.5 Å². The highest BCUT2D eigenvalue weighted by atomic mass is 19.1. The van der Waals surface area contributed by atoms with Gasteiger partial charge in [0.25, 0.3) is 0 Å². The second-order valence-electron chi connectivity index (χ2n) is 7.63. The van der Waals surface area contributed by atoms with Gasteiger partial charge in [0, 0.05) is 31.7 Å². The number of rotatable bonds is 3. The van der Waals surface area contributed by atoms with Gasteiger partial charge in [0.2, 0.25) is 0 Å².